The second-order valence-electron chi connectivity index (χ2n) is 3.41. The molecule has 1 aromatic carbocycles. The van der Waals surface area contributed by atoms with Crippen LogP contribution in [0.5, 0.6) is 0 Å². The Labute approximate surface area is 105 Å². The Morgan fingerprint density at radius 3 is 2.61 bits per heavy atom. The van der Waals surface area contributed by atoms with Crippen molar-refractivity contribution in [2.45, 2.75) is 0 Å². The molecular formula is C11H5ClF2N2O2. The van der Waals surface area contributed by atoms with Crippen molar-refractivity contribution in [2.75, 3.05) is 0 Å². The van der Waals surface area contributed by atoms with Crippen LogP contribution in [0.25, 0.3) is 11.1 Å². The Balaban J connectivity index is 2.61. The molecule has 0 radical (unpaired) electrons. The molecule has 0 bridgehead atoms. The number of hydrogen-bond acceptors (Lipinski definition) is 3. The van der Waals surface area contributed by atoms with Crippen LogP contribution in [0, 0.1) is 21.7 Å². The summed E-state index contributed by atoms with van der Waals surface area (Å²) in [4.78, 5) is 13.2. The van der Waals surface area contributed by atoms with E-state index in [4.69, 9.17) is 11.6 Å². The van der Waals surface area contributed by atoms with Gasteiger partial charge in [-0.25, -0.2) is 9.37 Å². The third-order valence-electron chi connectivity index (χ3n) is 2.28. The van der Waals surface area contributed by atoms with Crippen LogP contribution >= 0.6 is 11.6 Å². The third-order valence-corrected chi connectivity index (χ3v) is 2.48. The maximum Gasteiger partial charge on any atom is 0.305 e. The molecule has 1 aromatic heterocycles. The molecule has 0 saturated heterocycles. The van der Waals surface area contributed by atoms with Gasteiger partial charge >= 0.3 is 5.69 Å². The molecule has 4 nitrogen and oxygen atoms in total. The highest BCUT2D eigenvalue weighted by molar-refractivity contribution is 6.29. The first-order valence-electron chi connectivity index (χ1n) is 4.74. The molecule has 2 rings (SSSR count). The highest BCUT2D eigenvalue weighted by atomic mass is 35.5. The van der Waals surface area contributed by atoms with E-state index in [2.05, 4.69) is 4.98 Å². The first-order chi connectivity index (χ1) is 8.49. The molecule has 0 unspecified atom stereocenters. The number of halogens is 3. The van der Waals surface area contributed by atoms with Gasteiger partial charge in [-0.3, -0.25) is 10.1 Å². The van der Waals surface area contributed by atoms with Gasteiger partial charge in [-0.05, 0) is 17.7 Å². The van der Waals surface area contributed by atoms with E-state index in [-0.39, 0.29) is 16.3 Å². The van der Waals surface area contributed by atoms with Crippen molar-refractivity contribution in [1.82, 2.24) is 4.98 Å². The number of aromatic nitrogens is 1. The fourth-order valence-corrected chi connectivity index (χ4v) is 1.61. The van der Waals surface area contributed by atoms with Crippen LogP contribution in [0.3, 0.4) is 0 Å². The number of pyridine rings is 1. The highest BCUT2D eigenvalue weighted by Gasteiger charge is 2.16. The lowest BCUT2D eigenvalue weighted by Crippen LogP contribution is -1.94. The molecule has 18 heavy (non-hydrogen) atoms. The fourth-order valence-electron chi connectivity index (χ4n) is 1.45. The van der Waals surface area contributed by atoms with Crippen molar-refractivity contribution in [3.8, 4) is 11.1 Å². The Hall–Kier alpha value is -2.08. The second-order valence-corrected chi connectivity index (χ2v) is 3.80. The third kappa shape index (κ3) is 2.28. The maximum atomic E-state index is 13.5. The molecule has 1 heterocycles. The van der Waals surface area contributed by atoms with Crippen molar-refractivity contribution < 1.29 is 13.7 Å². The summed E-state index contributed by atoms with van der Waals surface area (Å²) in [5.74, 6) is -1.68. The van der Waals surface area contributed by atoms with Crippen LogP contribution < -0.4 is 0 Å². The van der Waals surface area contributed by atoms with Crippen LogP contribution in [-0.2, 0) is 0 Å². The number of nitrogens with zero attached hydrogens (tertiary/aromatic N) is 2. The smallest absolute Gasteiger partial charge is 0.258 e. The van der Waals surface area contributed by atoms with Crippen LogP contribution in [0.4, 0.5) is 14.5 Å². The van der Waals surface area contributed by atoms with Crippen molar-refractivity contribution in [3.05, 3.63) is 57.4 Å². The lowest BCUT2D eigenvalue weighted by atomic mass is 10.1. The molecular weight excluding hydrogens is 266 g/mol. The molecule has 0 fully saturated rings. The topological polar surface area (TPSA) is 56.0 Å². The lowest BCUT2D eigenvalue weighted by Gasteiger charge is -2.04. The molecule has 7 heteroatoms. The van der Waals surface area contributed by atoms with Gasteiger partial charge in [0, 0.05) is 11.6 Å². The summed E-state index contributed by atoms with van der Waals surface area (Å²) >= 11 is 5.61. The molecule has 0 atom stereocenters. The lowest BCUT2D eigenvalue weighted by molar-refractivity contribution is -0.387. The van der Waals surface area contributed by atoms with Crippen LogP contribution in [0.15, 0.2) is 30.5 Å². The number of benzene rings is 1. The summed E-state index contributed by atoms with van der Waals surface area (Å²) in [7, 11) is 0. The van der Waals surface area contributed by atoms with E-state index in [9.17, 15) is 18.9 Å². The summed E-state index contributed by atoms with van der Waals surface area (Å²) in [6, 6.07) is 4.30. The first kappa shape index (κ1) is 12.4. The quantitative estimate of drug-likeness (QED) is 0.476. The largest absolute Gasteiger partial charge is 0.305 e. The highest BCUT2D eigenvalue weighted by Crippen LogP contribution is 2.29. The van der Waals surface area contributed by atoms with Gasteiger partial charge in [-0.15, -0.1) is 0 Å². The van der Waals surface area contributed by atoms with Gasteiger partial charge in [0.05, 0.1) is 11.1 Å². The van der Waals surface area contributed by atoms with Crippen LogP contribution in [-0.4, -0.2) is 9.91 Å². The van der Waals surface area contributed by atoms with E-state index in [1.165, 1.54) is 12.1 Å². The van der Waals surface area contributed by atoms with Gasteiger partial charge in [0.25, 0.3) is 0 Å². The summed E-state index contributed by atoms with van der Waals surface area (Å²) in [6.07, 6.45) is 0.896. The number of nitro benzene ring substituents is 1. The maximum absolute atomic E-state index is 13.5. The second kappa shape index (κ2) is 4.66. The van der Waals surface area contributed by atoms with Crippen molar-refractivity contribution >= 4 is 17.3 Å². The number of nitro groups is 1. The summed E-state index contributed by atoms with van der Waals surface area (Å²) in [5, 5.41) is 10.6. The zero-order valence-electron chi connectivity index (χ0n) is 8.73. The number of rotatable bonds is 2. The molecule has 92 valence electrons. The standard InChI is InChI=1S/C11H5ClF2N2O2/c12-11-4-7(9(14)5-15-11)6-1-2-8(13)10(3-6)16(17)18/h1-5H. The van der Waals surface area contributed by atoms with E-state index in [1.54, 1.807) is 0 Å². The van der Waals surface area contributed by atoms with Crippen LogP contribution in [0.2, 0.25) is 5.15 Å². The average Bonchev–Trinajstić information content (AvgIpc) is 2.33. The van der Waals surface area contributed by atoms with E-state index in [0.717, 1.165) is 18.3 Å². The van der Waals surface area contributed by atoms with Gasteiger partial charge in [-0.2, -0.15) is 4.39 Å². The van der Waals surface area contributed by atoms with Gasteiger partial charge < -0.3 is 0 Å². The molecule has 0 N–H and O–H groups in total. The molecule has 0 aliphatic rings. The molecule has 0 saturated carbocycles. The average molecular weight is 271 g/mol. The first-order valence-corrected chi connectivity index (χ1v) is 5.12. The van der Waals surface area contributed by atoms with Crippen molar-refractivity contribution in [1.29, 1.82) is 0 Å². The van der Waals surface area contributed by atoms with Crippen LogP contribution in [0.1, 0.15) is 0 Å². The Morgan fingerprint density at radius 2 is 1.94 bits per heavy atom. The summed E-state index contributed by atoms with van der Waals surface area (Å²) in [5.41, 5.74) is -0.539. The SMILES string of the molecule is O=[N+]([O-])c1cc(-c2cc(Cl)ncc2F)ccc1F. The molecule has 2 aromatic rings. The Bertz CT molecular complexity index is 634. The minimum Gasteiger partial charge on any atom is -0.258 e. The zero-order chi connectivity index (χ0) is 13.3. The molecule has 0 aliphatic carbocycles. The Morgan fingerprint density at radius 1 is 1.22 bits per heavy atom. The number of hydrogen-bond donors (Lipinski definition) is 0. The fraction of sp³-hybridized carbons (Fsp3) is 0. The van der Waals surface area contributed by atoms with E-state index < -0.39 is 22.2 Å². The van der Waals surface area contributed by atoms with Crippen molar-refractivity contribution in [2.24, 2.45) is 0 Å². The summed E-state index contributed by atoms with van der Waals surface area (Å²) < 4.78 is 26.6. The Kier molecular flexibility index (Phi) is 3.20. The van der Waals surface area contributed by atoms with Gasteiger partial charge in [0.1, 0.15) is 11.0 Å². The van der Waals surface area contributed by atoms with Gasteiger partial charge in [0.2, 0.25) is 5.82 Å². The molecule has 0 spiro atoms. The predicted octanol–water partition coefficient (Wildman–Crippen LogP) is 3.59. The van der Waals surface area contributed by atoms with E-state index in [1.807, 2.05) is 0 Å². The summed E-state index contributed by atoms with van der Waals surface area (Å²) in [6.45, 7) is 0. The molecule has 0 aliphatic heterocycles. The monoisotopic (exact) mass is 270 g/mol. The van der Waals surface area contributed by atoms with E-state index in [0.29, 0.717) is 0 Å². The normalized spacial score (nSPS) is 10.4. The predicted molar refractivity (Wildman–Crippen MR) is 61.3 cm³/mol. The van der Waals surface area contributed by atoms with Crippen molar-refractivity contribution in [3.63, 3.8) is 0 Å². The molecule has 0 amide bonds. The van der Waals surface area contributed by atoms with E-state index >= 15 is 0 Å². The minimum absolute atomic E-state index is 0.0260. The minimum atomic E-state index is -0.982. The van der Waals surface area contributed by atoms with Gasteiger partial charge in [0.15, 0.2) is 0 Å². The zero-order valence-corrected chi connectivity index (χ0v) is 9.49. The van der Waals surface area contributed by atoms with Gasteiger partial charge in [-0.1, -0.05) is 17.7 Å².